The molecule has 4 aromatic rings. The summed E-state index contributed by atoms with van der Waals surface area (Å²) in [7, 11) is -4.16. The van der Waals surface area contributed by atoms with Crippen molar-refractivity contribution in [2.24, 2.45) is 0 Å². The first-order chi connectivity index (χ1) is 15.5. The lowest BCUT2D eigenvalue weighted by Crippen LogP contribution is -2.06. The van der Waals surface area contributed by atoms with Gasteiger partial charge in [-0.15, -0.1) is 0 Å². The fraction of sp³-hybridized carbons (Fsp3) is 0.143. The van der Waals surface area contributed by atoms with Crippen molar-refractivity contribution < 1.29 is 14.4 Å². The fourth-order valence-corrected chi connectivity index (χ4v) is 5.64. The second-order valence-corrected chi connectivity index (χ2v) is 9.88. The Morgan fingerprint density at radius 3 is 2.16 bits per heavy atom. The Morgan fingerprint density at radius 2 is 1.38 bits per heavy atom. The molecule has 2 N–H and O–H groups in total. The third kappa shape index (κ3) is 3.96. The Bertz CT molecular complexity index is 1420. The first-order valence-electron chi connectivity index (χ1n) is 11.0. The van der Waals surface area contributed by atoms with Gasteiger partial charge in [0.15, 0.2) is 0 Å². The first-order valence-corrected chi connectivity index (χ1v) is 12.6. The van der Waals surface area contributed by atoms with Crippen LogP contribution in [-0.2, 0) is 11.0 Å². The molecule has 0 aromatic heterocycles. The highest BCUT2D eigenvalue weighted by Crippen LogP contribution is 2.39. The average Bonchev–Trinajstić information content (AvgIpc) is 2.83. The van der Waals surface area contributed by atoms with Crippen LogP contribution >= 0.6 is 7.60 Å². The molecule has 0 unspecified atom stereocenters. The maximum atomic E-state index is 11.1. The fourth-order valence-electron chi connectivity index (χ4n) is 4.85. The molecule has 0 saturated carbocycles. The van der Waals surface area contributed by atoms with Gasteiger partial charge < -0.3 is 9.79 Å². The number of benzene rings is 4. The molecule has 0 bridgehead atoms. The van der Waals surface area contributed by atoms with Crippen molar-refractivity contribution in [1.82, 2.24) is 0 Å². The highest BCUT2D eigenvalue weighted by Gasteiger charge is 2.20. The third-order valence-corrected chi connectivity index (χ3v) is 7.38. The SMILES string of the molecule is C1=CC2=C(CC1)CCc1c2ccc2ccccc12.O=P(O)(O)c1cccc2ccccc12. The van der Waals surface area contributed by atoms with Gasteiger partial charge in [0.05, 0.1) is 5.30 Å². The highest BCUT2D eigenvalue weighted by molar-refractivity contribution is 7.60. The lowest BCUT2D eigenvalue weighted by atomic mass is 9.80. The van der Waals surface area contributed by atoms with Crippen molar-refractivity contribution in [3.8, 4) is 0 Å². The van der Waals surface area contributed by atoms with Gasteiger partial charge in [-0.05, 0) is 70.0 Å². The lowest BCUT2D eigenvalue weighted by Gasteiger charge is -2.25. The Labute approximate surface area is 187 Å². The molecule has 0 spiro atoms. The van der Waals surface area contributed by atoms with Crippen molar-refractivity contribution in [2.75, 3.05) is 0 Å². The Hall–Kier alpha value is -2.97. The maximum absolute atomic E-state index is 11.1. The van der Waals surface area contributed by atoms with Gasteiger partial charge in [-0.2, -0.15) is 0 Å². The maximum Gasteiger partial charge on any atom is 0.356 e. The zero-order chi connectivity index (χ0) is 22.1. The standard InChI is InChI=1S/C18H16.C10H9O3P/c1-3-7-15-13(5-1)9-11-18-16-8-4-2-6-14(16)10-12-17(15)18;11-14(12,13)10-7-3-5-8-4-1-2-6-9(8)10/h1,3-5,7-9,11H,2,6,10,12H2;1-7H,(H2,11,12,13). The largest absolute Gasteiger partial charge is 0.356 e. The van der Waals surface area contributed by atoms with E-state index in [-0.39, 0.29) is 5.30 Å². The van der Waals surface area contributed by atoms with Crippen molar-refractivity contribution >= 4 is 40.0 Å². The quantitative estimate of drug-likeness (QED) is 0.331. The van der Waals surface area contributed by atoms with Crippen LogP contribution in [-0.4, -0.2) is 9.79 Å². The Kier molecular flexibility index (Phi) is 5.57. The minimum Gasteiger partial charge on any atom is -0.321 e. The van der Waals surface area contributed by atoms with E-state index in [9.17, 15) is 4.57 Å². The van der Waals surface area contributed by atoms with E-state index in [1.54, 1.807) is 29.3 Å². The molecule has 3 nitrogen and oxygen atoms in total. The highest BCUT2D eigenvalue weighted by atomic mass is 31.2. The second kappa shape index (κ2) is 8.52. The Balaban J connectivity index is 0.000000140. The van der Waals surface area contributed by atoms with Crippen LogP contribution < -0.4 is 5.30 Å². The van der Waals surface area contributed by atoms with Crippen molar-refractivity contribution in [2.45, 2.75) is 25.7 Å². The average molecular weight is 440 g/mol. The molecule has 0 saturated heterocycles. The molecule has 0 fully saturated rings. The van der Waals surface area contributed by atoms with Crippen LogP contribution in [0.15, 0.2) is 96.6 Å². The van der Waals surface area contributed by atoms with Crippen LogP contribution in [0.2, 0.25) is 0 Å². The molecular weight excluding hydrogens is 415 g/mol. The number of rotatable bonds is 1. The predicted octanol–water partition coefficient (Wildman–Crippen LogP) is 6.53. The van der Waals surface area contributed by atoms with E-state index in [0.29, 0.717) is 5.39 Å². The molecule has 160 valence electrons. The van der Waals surface area contributed by atoms with Crippen LogP contribution in [0.4, 0.5) is 0 Å². The molecule has 0 atom stereocenters. The summed E-state index contributed by atoms with van der Waals surface area (Å²) in [5.41, 5.74) is 6.21. The van der Waals surface area contributed by atoms with Gasteiger partial charge in [0.25, 0.3) is 0 Å². The molecule has 4 heteroatoms. The normalized spacial score (nSPS) is 15.2. The van der Waals surface area contributed by atoms with E-state index in [4.69, 9.17) is 9.79 Å². The number of allylic oxidation sites excluding steroid dienone is 4. The molecule has 4 aromatic carbocycles. The summed E-state index contributed by atoms with van der Waals surface area (Å²) in [6.07, 6.45) is 9.61. The van der Waals surface area contributed by atoms with Gasteiger partial charge in [-0.1, -0.05) is 90.5 Å². The lowest BCUT2D eigenvalue weighted by molar-refractivity contribution is 0.388. The summed E-state index contributed by atoms with van der Waals surface area (Å²) >= 11 is 0. The third-order valence-electron chi connectivity index (χ3n) is 6.37. The molecule has 0 amide bonds. The molecular formula is C28H25O3P. The molecule has 2 aliphatic carbocycles. The molecule has 0 radical (unpaired) electrons. The number of fused-ring (bicyclic) bond motifs is 5. The van der Waals surface area contributed by atoms with Crippen molar-refractivity contribution in [1.29, 1.82) is 0 Å². The first kappa shape index (κ1) is 20.9. The molecule has 0 aliphatic heterocycles. The van der Waals surface area contributed by atoms with Crippen LogP contribution in [0.1, 0.15) is 30.4 Å². The van der Waals surface area contributed by atoms with Gasteiger partial charge in [-0.3, -0.25) is 4.57 Å². The zero-order valence-electron chi connectivity index (χ0n) is 17.7. The van der Waals surface area contributed by atoms with Gasteiger partial charge in [0.1, 0.15) is 0 Å². The van der Waals surface area contributed by atoms with Crippen molar-refractivity contribution in [3.05, 3.63) is 108 Å². The van der Waals surface area contributed by atoms with Crippen molar-refractivity contribution in [3.63, 3.8) is 0 Å². The Morgan fingerprint density at radius 1 is 0.688 bits per heavy atom. The van der Waals surface area contributed by atoms with E-state index in [0.717, 1.165) is 5.39 Å². The van der Waals surface area contributed by atoms with E-state index < -0.39 is 7.60 Å². The monoisotopic (exact) mass is 440 g/mol. The minimum absolute atomic E-state index is 0.0931. The second-order valence-electron chi connectivity index (χ2n) is 8.31. The van der Waals surface area contributed by atoms with Gasteiger partial charge in [0.2, 0.25) is 0 Å². The van der Waals surface area contributed by atoms with Gasteiger partial charge >= 0.3 is 7.60 Å². The summed E-state index contributed by atoms with van der Waals surface area (Å²) in [6.45, 7) is 0. The summed E-state index contributed by atoms with van der Waals surface area (Å²) in [5.74, 6) is 0. The predicted molar refractivity (Wildman–Crippen MR) is 133 cm³/mol. The molecule has 6 rings (SSSR count). The summed E-state index contributed by atoms with van der Waals surface area (Å²) < 4.78 is 11.1. The topological polar surface area (TPSA) is 57.5 Å². The number of aryl methyl sites for hydroxylation is 1. The summed E-state index contributed by atoms with van der Waals surface area (Å²) in [5, 5.41) is 4.37. The van der Waals surface area contributed by atoms with Crippen LogP contribution in [0.5, 0.6) is 0 Å². The number of hydrogen-bond acceptors (Lipinski definition) is 1. The molecule has 32 heavy (non-hydrogen) atoms. The van der Waals surface area contributed by atoms with E-state index >= 15 is 0 Å². The zero-order valence-corrected chi connectivity index (χ0v) is 18.6. The van der Waals surface area contributed by atoms with Gasteiger partial charge in [0, 0.05) is 0 Å². The molecule has 2 aliphatic rings. The minimum atomic E-state index is -4.16. The van der Waals surface area contributed by atoms with E-state index in [1.165, 1.54) is 53.7 Å². The summed E-state index contributed by atoms with van der Waals surface area (Å²) in [6, 6.07) is 25.4. The summed E-state index contributed by atoms with van der Waals surface area (Å²) in [4.78, 5) is 18.2. The number of hydrogen-bond donors (Lipinski definition) is 2. The van der Waals surface area contributed by atoms with Crippen LogP contribution in [0, 0.1) is 0 Å². The van der Waals surface area contributed by atoms with Crippen LogP contribution in [0.25, 0.3) is 27.1 Å². The smallest absolute Gasteiger partial charge is 0.321 e. The van der Waals surface area contributed by atoms with Gasteiger partial charge in [-0.25, -0.2) is 0 Å². The van der Waals surface area contributed by atoms with E-state index in [2.05, 4.69) is 48.6 Å². The van der Waals surface area contributed by atoms with E-state index in [1.807, 2.05) is 18.2 Å². The molecule has 0 heterocycles. The van der Waals surface area contributed by atoms with Crippen LogP contribution in [0.3, 0.4) is 0 Å².